The zero-order valence-electron chi connectivity index (χ0n) is 10.00. The van der Waals surface area contributed by atoms with Gasteiger partial charge in [0, 0.05) is 36.0 Å². The molecule has 3 aromatic rings. The molecular formula is C15H12FeN2-6. The normalized spacial score (nSPS) is 9.17. The zero-order chi connectivity index (χ0) is 11.9. The van der Waals surface area contributed by atoms with Crippen LogP contribution in [0.3, 0.4) is 0 Å². The molecule has 0 spiro atoms. The minimum Gasteiger partial charge on any atom is -0.999 e. The van der Waals surface area contributed by atoms with E-state index in [9.17, 15) is 0 Å². The summed E-state index contributed by atoms with van der Waals surface area (Å²) in [6, 6.07) is 20.4. The fourth-order valence-corrected chi connectivity index (χ4v) is 1.47. The Hall–Kier alpha value is -1.57. The number of hydrogen-bond donors (Lipinski definition) is 0. The Morgan fingerprint density at radius 2 is 1.94 bits per heavy atom. The number of rotatable bonds is 2. The third kappa shape index (κ3) is 4.36. The van der Waals surface area contributed by atoms with Crippen LogP contribution in [0.5, 0.6) is 0 Å². The van der Waals surface area contributed by atoms with E-state index in [-0.39, 0.29) is 17.1 Å². The topological polar surface area (TPSA) is 17.8 Å². The maximum atomic E-state index is 4.16. The molecule has 1 aromatic heterocycles. The van der Waals surface area contributed by atoms with E-state index in [0.717, 1.165) is 12.4 Å². The summed E-state index contributed by atoms with van der Waals surface area (Å²) in [5.74, 6) is 1.07. The van der Waals surface area contributed by atoms with Crippen molar-refractivity contribution in [3.8, 4) is 0 Å². The largest absolute Gasteiger partial charge is 0.999 e. The Morgan fingerprint density at radius 1 is 1.28 bits per heavy atom. The van der Waals surface area contributed by atoms with Gasteiger partial charge in [0.2, 0.25) is 0 Å². The Balaban J connectivity index is 0.000000230. The van der Waals surface area contributed by atoms with Crippen molar-refractivity contribution in [2.24, 2.45) is 0 Å². The Kier molecular flexibility index (Phi) is 6.20. The van der Waals surface area contributed by atoms with Crippen LogP contribution in [0.2, 0.25) is 0 Å². The average Bonchev–Trinajstić information content (AvgIpc) is 3.05. The van der Waals surface area contributed by atoms with Gasteiger partial charge in [-0.3, -0.25) is 0 Å². The Bertz CT molecular complexity index is 489. The predicted molar refractivity (Wildman–Crippen MR) is 65.5 cm³/mol. The maximum absolute atomic E-state index is 4.16. The summed E-state index contributed by atoms with van der Waals surface area (Å²) in [4.78, 5) is 4.16. The van der Waals surface area contributed by atoms with Crippen LogP contribution in [0, 0.1) is 31.2 Å². The first-order valence-corrected chi connectivity index (χ1v) is 5.37. The SMILES string of the molecule is Cc1nccn1C[c-]1cccc1.[Fe].[c-]1[c-][c-][cH-][c-]1. The molecule has 0 N–H and O–H groups in total. The van der Waals surface area contributed by atoms with Crippen molar-refractivity contribution in [3.63, 3.8) is 0 Å². The van der Waals surface area contributed by atoms with Crippen LogP contribution in [0.4, 0.5) is 0 Å². The molecule has 0 atom stereocenters. The van der Waals surface area contributed by atoms with Crippen molar-refractivity contribution < 1.29 is 17.1 Å². The van der Waals surface area contributed by atoms with E-state index in [2.05, 4.69) is 58.1 Å². The standard InChI is InChI=1S/C10H11N2.C5H.Fe/c1-9-11-6-7-12(9)8-10-4-2-3-5-10;1-2-4-5-3-1;/h2-7H,8H2,1H3;1H;/q-1;-5;. The van der Waals surface area contributed by atoms with Gasteiger partial charge in [0.15, 0.2) is 0 Å². The zero-order valence-corrected chi connectivity index (χ0v) is 11.1. The second-order valence-electron chi connectivity index (χ2n) is 3.58. The number of aryl methyl sites for hydroxylation is 1. The van der Waals surface area contributed by atoms with Crippen LogP contribution in [-0.2, 0) is 23.6 Å². The summed E-state index contributed by atoms with van der Waals surface area (Å²) in [6.07, 6.45) is 3.83. The number of hydrogen-bond acceptors (Lipinski definition) is 1. The molecular weight excluding hydrogens is 264 g/mol. The van der Waals surface area contributed by atoms with E-state index in [1.54, 1.807) is 6.07 Å². The molecule has 0 unspecified atom stereocenters. The molecule has 2 aromatic carbocycles. The van der Waals surface area contributed by atoms with Gasteiger partial charge in [-0.1, -0.05) is 0 Å². The molecule has 3 heteroatoms. The van der Waals surface area contributed by atoms with Crippen molar-refractivity contribution in [1.29, 1.82) is 0 Å². The molecule has 1 heterocycles. The molecule has 0 radical (unpaired) electrons. The predicted octanol–water partition coefficient (Wildman–Crippen LogP) is 2.56. The fourth-order valence-electron chi connectivity index (χ4n) is 1.47. The van der Waals surface area contributed by atoms with Gasteiger partial charge in [-0.05, 0) is 6.92 Å². The first-order valence-electron chi connectivity index (χ1n) is 5.37. The van der Waals surface area contributed by atoms with E-state index in [1.165, 1.54) is 5.56 Å². The first-order chi connectivity index (χ1) is 8.36. The van der Waals surface area contributed by atoms with Crippen molar-refractivity contribution >= 4 is 0 Å². The third-order valence-corrected chi connectivity index (χ3v) is 2.36. The molecule has 0 amide bonds. The van der Waals surface area contributed by atoms with E-state index in [0.29, 0.717) is 0 Å². The Morgan fingerprint density at radius 3 is 2.39 bits per heavy atom. The molecule has 0 aliphatic rings. The average molecular weight is 276 g/mol. The van der Waals surface area contributed by atoms with Gasteiger partial charge in [0.25, 0.3) is 0 Å². The molecule has 2 nitrogen and oxygen atoms in total. The second-order valence-corrected chi connectivity index (χ2v) is 3.58. The minimum atomic E-state index is 0. The van der Waals surface area contributed by atoms with Crippen LogP contribution in [0.15, 0.2) is 42.7 Å². The maximum Gasteiger partial charge on any atom is 0.104 e. The van der Waals surface area contributed by atoms with E-state index in [4.69, 9.17) is 0 Å². The summed E-state index contributed by atoms with van der Waals surface area (Å²) < 4.78 is 2.13. The summed E-state index contributed by atoms with van der Waals surface area (Å²) in [7, 11) is 0. The van der Waals surface area contributed by atoms with Gasteiger partial charge in [0.1, 0.15) is 5.82 Å². The fraction of sp³-hybridized carbons (Fsp3) is 0.133. The molecule has 18 heavy (non-hydrogen) atoms. The molecule has 0 bridgehead atoms. The van der Waals surface area contributed by atoms with Crippen molar-refractivity contribution in [2.45, 2.75) is 13.5 Å². The monoisotopic (exact) mass is 276 g/mol. The van der Waals surface area contributed by atoms with Crippen molar-refractivity contribution in [3.05, 3.63) is 78.4 Å². The van der Waals surface area contributed by atoms with Crippen molar-refractivity contribution in [1.82, 2.24) is 9.55 Å². The van der Waals surface area contributed by atoms with Crippen LogP contribution in [0.25, 0.3) is 0 Å². The Labute approximate surface area is 118 Å². The number of imidazole rings is 1. The van der Waals surface area contributed by atoms with Crippen LogP contribution in [-0.4, -0.2) is 9.55 Å². The van der Waals surface area contributed by atoms with Crippen LogP contribution < -0.4 is 0 Å². The quantitative estimate of drug-likeness (QED) is 0.519. The summed E-state index contributed by atoms with van der Waals surface area (Å²) in [5, 5.41) is 0. The molecule has 3 rings (SSSR count). The summed E-state index contributed by atoms with van der Waals surface area (Å²) >= 11 is 0. The van der Waals surface area contributed by atoms with Crippen molar-refractivity contribution in [2.75, 3.05) is 0 Å². The summed E-state index contributed by atoms with van der Waals surface area (Å²) in [6.45, 7) is 2.95. The van der Waals surface area contributed by atoms with Gasteiger partial charge < -0.3 is 34.9 Å². The van der Waals surface area contributed by atoms with E-state index < -0.39 is 0 Å². The van der Waals surface area contributed by atoms with Gasteiger partial charge in [0.05, 0.1) is 0 Å². The number of nitrogens with zero attached hydrogens (tertiary/aromatic N) is 2. The second kappa shape index (κ2) is 7.70. The molecule has 0 saturated heterocycles. The molecule has 0 aliphatic carbocycles. The third-order valence-electron chi connectivity index (χ3n) is 2.36. The first kappa shape index (κ1) is 14.5. The minimum absolute atomic E-state index is 0. The molecule has 0 fully saturated rings. The number of aromatic nitrogens is 2. The van der Waals surface area contributed by atoms with Gasteiger partial charge >= 0.3 is 0 Å². The molecule has 0 saturated carbocycles. The van der Waals surface area contributed by atoms with Crippen LogP contribution in [0.1, 0.15) is 11.4 Å². The van der Waals surface area contributed by atoms with Gasteiger partial charge in [-0.25, -0.2) is 17.1 Å². The summed E-state index contributed by atoms with van der Waals surface area (Å²) in [5.41, 5.74) is 1.33. The van der Waals surface area contributed by atoms with Crippen LogP contribution >= 0.6 is 0 Å². The molecule has 0 aliphatic heterocycles. The molecule has 96 valence electrons. The smallest absolute Gasteiger partial charge is 0.104 e. The van der Waals surface area contributed by atoms with Gasteiger partial charge in [-0.2, -0.15) is 12.1 Å². The van der Waals surface area contributed by atoms with Gasteiger partial charge in [-0.15, -0.1) is 5.56 Å². The van der Waals surface area contributed by atoms with E-state index in [1.807, 2.05) is 19.3 Å². The van der Waals surface area contributed by atoms with E-state index >= 15 is 0 Å².